The van der Waals surface area contributed by atoms with Crippen LogP contribution in [0.4, 0.5) is 0 Å². The second-order valence-corrected chi connectivity index (χ2v) is 2.89. The van der Waals surface area contributed by atoms with Gasteiger partial charge in [0.25, 0.3) is 0 Å². The van der Waals surface area contributed by atoms with E-state index in [1.807, 2.05) is 18.2 Å². The van der Waals surface area contributed by atoms with Crippen molar-refractivity contribution in [1.82, 2.24) is 0 Å². The minimum absolute atomic E-state index is 0.0397. The van der Waals surface area contributed by atoms with Gasteiger partial charge >= 0.3 is 0 Å². The van der Waals surface area contributed by atoms with Crippen molar-refractivity contribution < 1.29 is 9.90 Å². The third kappa shape index (κ3) is 3.27. The lowest BCUT2D eigenvalue weighted by Crippen LogP contribution is -1.81. The van der Waals surface area contributed by atoms with E-state index in [0.717, 1.165) is 5.56 Å². The van der Waals surface area contributed by atoms with Gasteiger partial charge in [-0.1, -0.05) is 36.4 Å². The Balaban J connectivity index is 2.75. The molecule has 0 aliphatic rings. The average molecular weight is 188 g/mol. The Bertz CT molecular complexity index is 361. The highest BCUT2D eigenvalue weighted by Crippen LogP contribution is 2.09. The van der Waals surface area contributed by atoms with Gasteiger partial charge < -0.3 is 5.11 Å². The largest absolute Gasteiger partial charge is 0.507 e. The van der Waals surface area contributed by atoms with Crippen LogP contribution in [-0.4, -0.2) is 10.9 Å². The molecular formula is C12H12O2. The Morgan fingerprint density at radius 3 is 2.50 bits per heavy atom. The summed E-state index contributed by atoms with van der Waals surface area (Å²) in [4.78, 5) is 10.6. The Morgan fingerprint density at radius 1 is 1.29 bits per heavy atom. The number of carbonyl (C=O) groups is 1. The van der Waals surface area contributed by atoms with Gasteiger partial charge in [-0.25, -0.2) is 0 Å². The molecule has 1 aromatic carbocycles. The van der Waals surface area contributed by atoms with Crippen molar-refractivity contribution in [3.05, 3.63) is 54.1 Å². The fraction of sp³-hybridized carbons (Fsp3) is 0.0833. The topological polar surface area (TPSA) is 37.3 Å². The van der Waals surface area contributed by atoms with Crippen LogP contribution < -0.4 is 0 Å². The molecule has 0 saturated carbocycles. The van der Waals surface area contributed by atoms with E-state index in [9.17, 15) is 9.90 Å². The van der Waals surface area contributed by atoms with E-state index in [2.05, 4.69) is 0 Å². The van der Waals surface area contributed by atoms with E-state index in [1.54, 1.807) is 12.1 Å². The highest BCUT2D eigenvalue weighted by Gasteiger charge is 1.93. The molecule has 72 valence electrons. The Labute approximate surface area is 83.2 Å². The molecule has 0 heterocycles. The van der Waals surface area contributed by atoms with Gasteiger partial charge in [0.15, 0.2) is 5.78 Å². The monoisotopic (exact) mass is 188 g/mol. The number of carbonyl (C=O) groups excluding carboxylic acids is 1. The normalized spacial score (nSPS) is 11.9. The molecule has 1 rings (SSSR count). The molecule has 0 radical (unpaired) electrons. The number of aliphatic hydroxyl groups excluding tert-OH is 1. The summed E-state index contributed by atoms with van der Waals surface area (Å²) in [7, 11) is 0. The van der Waals surface area contributed by atoms with Gasteiger partial charge in [0, 0.05) is 5.56 Å². The minimum Gasteiger partial charge on any atom is -0.507 e. The van der Waals surface area contributed by atoms with Crippen LogP contribution in [0.15, 0.2) is 48.6 Å². The lowest BCUT2D eigenvalue weighted by molar-refractivity contribution is -0.112. The predicted octanol–water partition coefficient (Wildman–Crippen LogP) is 2.73. The molecule has 0 aromatic heterocycles. The molecule has 0 aliphatic carbocycles. The van der Waals surface area contributed by atoms with Crippen molar-refractivity contribution in [2.45, 2.75) is 6.92 Å². The van der Waals surface area contributed by atoms with Gasteiger partial charge in [0.2, 0.25) is 0 Å². The Morgan fingerprint density at radius 2 is 1.93 bits per heavy atom. The number of rotatable bonds is 3. The maximum Gasteiger partial charge on any atom is 0.152 e. The van der Waals surface area contributed by atoms with Crippen LogP contribution in [0.25, 0.3) is 5.76 Å². The molecule has 0 bridgehead atoms. The first kappa shape index (κ1) is 10.3. The summed E-state index contributed by atoms with van der Waals surface area (Å²) in [6, 6.07) is 9.16. The fourth-order valence-electron chi connectivity index (χ4n) is 0.980. The van der Waals surface area contributed by atoms with Crippen LogP contribution in [0, 0.1) is 0 Å². The molecule has 0 saturated heterocycles. The molecule has 0 aliphatic heterocycles. The summed E-state index contributed by atoms with van der Waals surface area (Å²) >= 11 is 0. The van der Waals surface area contributed by atoms with E-state index in [-0.39, 0.29) is 11.5 Å². The third-order valence-electron chi connectivity index (χ3n) is 1.65. The van der Waals surface area contributed by atoms with Crippen LogP contribution in [0.3, 0.4) is 0 Å². The molecule has 2 heteroatoms. The quantitative estimate of drug-likeness (QED) is 0.450. The summed E-state index contributed by atoms with van der Waals surface area (Å²) < 4.78 is 0. The number of allylic oxidation sites excluding steroid dienone is 3. The van der Waals surface area contributed by atoms with Crippen molar-refractivity contribution in [1.29, 1.82) is 0 Å². The van der Waals surface area contributed by atoms with Crippen LogP contribution in [0.2, 0.25) is 0 Å². The van der Waals surface area contributed by atoms with Gasteiger partial charge in [0.05, 0.1) is 0 Å². The van der Waals surface area contributed by atoms with Crippen LogP contribution in [-0.2, 0) is 4.79 Å². The maximum absolute atomic E-state index is 10.6. The van der Waals surface area contributed by atoms with Gasteiger partial charge in [-0.05, 0) is 19.1 Å². The standard InChI is InChI=1S/C12H12O2/c1-10(13)6-5-9-12(14)11-7-3-2-4-8-11/h2-9,14H,1H3. The van der Waals surface area contributed by atoms with Crippen molar-refractivity contribution >= 4 is 11.5 Å². The lowest BCUT2D eigenvalue weighted by atomic mass is 10.2. The van der Waals surface area contributed by atoms with Gasteiger partial charge in [0.1, 0.15) is 5.76 Å². The summed E-state index contributed by atoms with van der Waals surface area (Å²) in [6.07, 6.45) is 4.43. The molecular weight excluding hydrogens is 176 g/mol. The first-order chi connectivity index (χ1) is 6.70. The zero-order valence-corrected chi connectivity index (χ0v) is 7.97. The van der Waals surface area contributed by atoms with E-state index >= 15 is 0 Å². The van der Waals surface area contributed by atoms with Gasteiger partial charge in [-0.2, -0.15) is 0 Å². The summed E-state index contributed by atoms with van der Waals surface area (Å²) in [5.41, 5.74) is 0.737. The second-order valence-electron chi connectivity index (χ2n) is 2.89. The molecule has 0 unspecified atom stereocenters. The molecule has 0 atom stereocenters. The third-order valence-corrected chi connectivity index (χ3v) is 1.65. The molecule has 1 aromatic rings. The summed E-state index contributed by atoms with van der Waals surface area (Å²) in [6.45, 7) is 1.46. The average Bonchev–Trinajstić information content (AvgIpc) is 2.18. The highest BCUT2D eigenvalue weighted by atomic mass is 16.3. The molecule has 0 amide bonds. The Hall–Kier alpha value is -1.83. The molecule has 0 fully saturated rings. The maximum atomic E-state index is 10.6. The van der Waals surface area contributed by atoms with Crippen molar-refractivity contribution in [2.75, 3.05) is 0 Å². The van der Waals surface area contributed by atoms with Crippen molar-refractivity contribution in [3.63, 3.8) is 0 Å². The van der Waals surface area contributed by atoms with Crippen LogP contribution in [0.5, 0.6) is 0 Å². The second kappa shape index (κ2) is 5.02. The van der Waals surface area contributed by atoms with Crippen molar-refractivity contribution in [3.8, 4) is 0 Å². The zero-order chi connectivity index (χ0) is 10.4. The Kier molecular flexibility index (Phi) is 3.68. The highest BCUT2D eigenvalue weighted by molar-refractivity contribution is 5.87. The number of hydrogen-bond acceptors (Lipinski definition) is 2. The van der Waals surface area contributed by atoms with E-state index < -0.39 is 0 Å². The lowest BCUT2D eigenvalue weighted by Gasteiger charge is -1.96. The number of ketones is 1. The van der Waals surface area contributed by atoms with Gasteiger partial charge in [-0.15, -0.1) is 0 Å². The predicted molar refractivity (Wildman–Crippen MR) is 56.9 cm³/mol. The molecule has 2 nitrogen and oxygen atoms in total. The van der Waals surface area contributed by atoms with Crippen LogP contribution >= 0.6 is 0 Å². The van der Waals surface area contributed by atoms with Gasteiger partial charge in [-0.3, -0.25) is 4.79 Å². The molecule has 0 spiro atoms. The molecule has 14 heavy (non-hydrogen) atoms. The number of hydrogen-bond donors (Lipinski definition) is 1. The zero-order valence-electron chi connectivity index (χ0n) is 7.97. The first-order valence-electron chi connectivity index (χ1n) is 4.33. The summed E-state index contributed by atoms with van der Waals surface area (Å²) in [5.74, 6) is 0.116. The van der Waals surface area contributed by atoms with Crippen molar-refractivity contribution in [2.24, 2.45) is 0 Å². The fourth-order valence-corrected chi connectivity index (χ4v) is 0.980. The molecule has 1 N–H and O–H groups in total. The SMILES string of the molecule is CC(=O)C=CC=C(O)c1ccccc1. The van der Waals surface area contributed by atoms with E-state index in [4.69, 9.17) is 0 Å². The van der Waals surface area contributed by atoms with E-state index in [1.165, 1.54) is 25.2 Å². The first-order valence-corrected chi connectivity index (χ1v) is 4.33. The van der Waals surface area contributed by atoms with Crippen LogP contribution in [0.1, 0.15) is 12.5 Å². The smallest absolute Gasteiger partial charge is 0.152 e. The number of aliphatic hydroxyl groups is 1. The minimum atomic E-state index is -0.0397. The number of benzene rings is 1. The van der Waals surface area contributed by atoms with E-state index in [0.29, 0.717) is 0 Å². The summed E-state index contributed by atoms with van der Waals surface area (Å²) in [5, 5.41) is 9.53.